The number of non-ortho nitro benzene ring substituents is 1. The molecule has 1 N–H and O–H groups in total. The number of nitrogens with zero attached hydrogens (tertiary/aromatic N) is 1. The molecule has 1 aromatic carbocycles. The van der Waals surface area contributed by atoms with Crippen LogP contribution in [-0.2, 0) is 4.74 Å². The molecule has 0 aliphatic heterocycles. The number of benzene rings is 1. The van der Waals surface area contributed by atoms with Gasteiger partial charge in [0.1, 0.15) is 6.10 Å². The number of ether oxygens (including phenoxy) is 1. The van der Waals surface area contributed by atoms with Crippen molar-refractivity contribution in [2.24, 2.45) is 17.3 Å². The Bertz CT molecular complexity index is 846. The largest absolute Gasteiger partial charge is 0.458 e. The average molecular weight is 414 g/mol. The van der Waals surface area contributed by atoms with E-state index in [0.29, 0.717) is 19.3 Å². The molecule has 0 spiro atoms. The van der Waals surface area contributed by atoms with Crippen molar-refractivity contribution in [1.29, 1.82) is 0 Å². The first-order valence-electron chi connectivity index (χ1n) is 10.1. The fourth-order valence-corrected chi connectivity index (χ4v) is 4.41. The predicted octanol–water partition coefficient (Wildman–Crippen LogP) is 5.24. The SMILES string of the molecule is C=CC[C@@H](C)[C@]1(O)C[C@H](C(=C)C)C[C@H](OC(=O)c2ccc([N+](=O)[O-])cc2)[C@]1(C)C=C. The van der Waals surface area contributed by atoms with Gasteiger partial charge in [0.25, 0.3) is 5.69 Å². The number of esters is 1. The quantitative estimate of drug-likeness (QED) is 0.272. The van der Waals surface area contributed by atoms with Gasteiger partial charge in [-0.1, -0.05) is 31.2 Å². The van der Waals surface area contributed by atoms with Crippen LogP contribution in [0.4, 0.5) is 5.69 Å². The molecule has 0 bridgehead atoms. The number of hydrogen-bond donors (Lipinski definition) is 1. The van der Waals surface area contributed by atoms with Crippen LogP contribution in [0.15, 0.2) is 61.7 Å². The molecule has 1 aliphatic rings. The first-order chi connectivity index (χ1) is 14.0. The molecule has 6 nitrogen and oxygen atoms in total. The number of allylic oxidation sites excluding steroid dienone is 2. The van der Waals surface area contributed by atoms with Crippen molar-refractivity contribution in [3.05, 3.63) is 77.4 Å². The lowest BCUT2D eigenvalue weighted by Gasteiger charge is -2.55. The van der Waals surface area contributed by atoms with Gasteiger partial charge in [-0.2, -0.15) is 0 Å². The molecule has 2 rings (SSSR count). The Morgan fingerprint density at radius 2 is 2.00 bits per heavy atom. The number of carbonyl (C=O) groups excluding carboxylic acids is 1. The van der Waals surface area contributed by atoms with E-state index in [0.717, 1.165) is 5.57 Å². The number of rotatable bonds is 8. The minimum Gasteiger partial charge on any atom is -0.458 e. The van der Waals surface area contributed by atoms with Gasteiger partial charge in [0.05, 0.1) is 21.5 Å². The third-order valence-corrected chi connectivity index (χ3v) is 6.68. The van der Waals surface area contributed by atoms with Crippen LogP contribution >= 0.6 is 0 Å². The zero-order valence-electron chi connectivity index (χ0n) is 18.0. The van der Waals surface area contributed by atoms with Crippen LogP contribution < -0.4 is 0 Å². The van der Waals surface area contributed by atoms with Crippen LogP contribution in [0.3, 0.4) is 0 Å². The highest BCUT2D eigenvalue weighted by atomic mass is 16.6. The molecule has 0 amide bonds. The smallest absolute Gasteiger partial charge is 0.338 e. The lowest BCUT2D eigenvalue weighted by atomic mass is 9.54. The molecular weight excluding hydrogens is 382 g/mol. The van der Waals surface area contributed by atoms with Crippen molar-refractivity contribution in [3.63, 3.8) is 0 Å². The fourth-order valence-electron chi connectivity index (χ4n) is 4.41. The lowest BCUT2D eigenvalue weighted by molar-refractivity contribution is -0.384. The fraction of sp³-hybridized carbons (Fsp3) is 0.458. The van der Waals surface area contributed by atoms with Crippen molar-refractivity contribution in [2.75, 3.05) is 0 Å². The molecule has 6 heteroatoms. The van der Waals surface area contributed by atoms with E-state index in [9.17, 15) is 20.0 Å². The molecule has 0 saturated heterocycles. The number of nitro groups is 1. The van der Waals surface area contributed by atoms with Gasteiger partial charge < -0.3 is 9.84 Å². The second-order valence-electron chi connectivity index (χ2n) is 8.52. The predicted molar refractivity (Wildman–Crippen MR) is 117 cm³/mol. The van der Waals surface area contributed by atoms with E-state index in [1.165, 1.54) is 24.3 Å². The second-order valence-corrected chi connectivity index (χ2v) is 8.52. The molecule has 30 heavy (non-hydrogen) atoms. The Morgan fingerprint density at radius 1 is 1.40 bits per heavy atom. The lowest BCUT2D eigenvalue weighted by Crippen LogP contribution is -2.61. The molecule has 1 fully saturated rings. The van der Waals surface area contributed by atoms with E-state index in [1.54, 1.807) is 12.2 Å². The average Bonchev–Trinajstić information content (AvgIpc) is 2.71. The van der Waals surface area contributed by atoms with Crippen molar-refractivity contribution in [2.45, 2.75) is 51.7 Å². The highest BCUT2D eigenvalue weighted by Gasteiger charge is 2.58. The van der Waals surface area contributed by atoms with E-state index in [-0.39, 0.29) is 23.1 Å². The molecule has 1 aromatic rings. The van der Waals surface area contributed by atoms with Gasteiger partial charge in [0, 0.05) is 12.1 Å². The van der Waals surface area contributed by atoms with E-state index in [4.69, 9.17) is 4.74 Å². The maximum Gasteiger partial charge on any atom is 0.338 e. The molecule has 1 saturated carbocycles. The summed E-state index contributed by atoms with van der Waals surface area (Å²) >= 11 is 0. The topological polar surface area (TPSA) is 89.7 Å². The normalized spacial score (nSPS) is 29.5. The third-order valence-electron chi connectivity index (χ3n) is 6.68. The monoisotopic (exact) mass is 413 g/mol. The Morgan fingerprint density at radius 3 is 2.47 bits per heavy atom. The van der Waals surface area contributed by atoms with Gasteiger partial charge in [-0.25, -0.2) is 4.79 Å². The van der Waals surface area contributed by atoms with Crippen LogP contribution in [0.5, 0.6) is 0 Å². The zero-order chi connectivity index (χ0) is 22.7. The molecule has 1 aliphatic carbocycles. The second kappa shape index (κ2) is 8.96. The summed E-state index contributed by atoms with van der Waals surface area (Å²) in [5, 5.41) is 22.7. The maximum atomic E-state index is 12.8. The minimum atomic E-state index is -1.18. The van der Waals surface area contributed by atoms with Gasteiger partial charge in [-0.15, -0.1) is 13.2 Å². The van der Waals surface area contributed by atoms with Gasteiger partial charge in [0.15, 0.2) is 0 Å². The highest BCUT2D eigenvalue weighted by Crippen LogP contribution is 2.54. The van der Waals surface area contributed by atoms with Crippen molar-refractivity contribution < 1.29 is 19.6 Å². The first-order valence-corrected chi connectivity index (χ1v) is 10.1. The number of hydrogen-bond acceptors (Lipinski definition) is 5. The highest BCUT2D eigenvalue weighted by molar-refractivity contribution is 5.89. The molecule has 162 valence electrons. The van der Waals surface area contributed by atoms with E-state index in [2.05, 4.69) is 19.7 Å². The molecule has 0 aromatic heterocycles. The summed E-state index contributed by atoms with van der Waals surface area (Å²) in [6.07, 6.45) is 4.42. The van der Waals surface area contributed by atoms with Gasteiger partial charge in [-0.3, -0.25) is 10.1 Å². The van der Waals surface area contributed by atoms with E-state index >= 15 is 0 Å². The standard InChI is InChI=1S/C24H31NO5/c1-7-9-17(5)24(27)15-19(16(3)4)14-21(23(24,6)8-2)30-22(26)18-10-12-20(13-11-18)25(28)29/h7-8,10-13,17,19,21,27H,1-3,9,14-15H2,4-6H3/t17-,19-,21+,23+,24-/m1/s1. The third kappa shape index (κ3) is 4.24. The Labute approximate surface area is 178 Å². The summed E-state index contributed by atoms with van der Waals surface area (Å²) in [7, 11) is 0. The molecular formula is C24H31NO5. The zero-order valence-corrected chi connectivity index (χ0v) is 18.0. The summed E-state index contributed by atoms with van der Waals surface area (Å²) in [4.78, 5) is 23.2. The van der Waals surface area contributed by atoms with Gasteiger partial charge >= 0.3 is 5.97 Å². The van der Waals surface area contributed by atoms with Crippen LogP contribution in [0, 0.1) is 27.4 Å². The van der Waals surface area contributed by atoms with Crippen LogP contribution in [0.1, 0.15) is 50.4 Å². The Balaban J connectivity index is 2.40. The number of carbonyl (C=O) groups is 1. The first kappa shape index (κ1) is 23.5. The van der Waals surface area contributed by atoms with Crippen molar-refractivity contribution >= 4 is 11.7 Å². The van der Waals surface area contributed by atoms with Crippen LogP contribution in [-0.4, -0.2) is 27.7 Å². The molecule has 0 radical (unpaired) electrons. The van der Waals surface area contributed by atoms with E-state index < -0.39 is 28.0 Å². The summed E-state index contributed by atoms with van der Waals surface area (Å²) in [6, 6.07) is 5.28. The summed E-state index contributed by atoms with van der Waals surface area (Å²) in [5.41, 5.74) is -1.03. The number of nitro benzene ring substituents is 1. The number of aliphatic hydroxyl groups is 1. The van der Waals surface area contributed by atoms with Crippen LogP contribution in [0.25, 0.3) is 0 Å². The van der Waals surface area contributed by atoms with Crippen LogP contribution in [0.2, 0.25) is 0 Å². The van der Waals surface area contributed by atoms with Gasteiger partial charge in [0.2, 0.25) is 0 Å². The van der Waals surface area contributed by atoms with Gasteiger partial charge in [-0.05, 0) is 57.1 Å². The molecule has 5 atom stereocenters. The molecule has 0 unspecified atom stereocenters. The summed E-state index contributed by atoms with van der Waals surface area (Å²) < 4.78 is 5.88. The molecule has 0 heterocycles. The maximum absolute atomic E-state index is 12.8. The minimum absolute atomic E-state index is 0.0232. The van der Waals surface area contributed by atoms with Crippen molar-refractivity contribution in [1.82, 2.24) is 0 Å². The summed E-state index contributed by atoms with van der Waals surface area (Å²) in [5.74, 6) is -0.755. The Kier molecular flexibility index (Phi) is 7.03. The Hall–Kier alpha value is -2.73. The van der Waals surface area contributed by atoms with E-state index in [1.807, 2.05) is 20.8 Å². The van der Waals surface area contributed by atoms with Crippen molar-refractivity contribution in [3.8, 4) is 0 Å². The summed E-state index contributed by atoms with van der Waals surface area (Å²) in [6.45, 7) is 17.5.